The predicted molar refractivity (Wildman–Crippen MR) is 582 cm³/mol. The van der Waals surface area contributed by atoms with Crippen LogP contribution in [0.5, 0.6) is 0 Å². The van der Waals surface area contributed by atoms with Crippen LogP contribution >= 0.6 is 0 Å². The van der Waals surface area contributed by atoms with E-state index >= 15 is 0 Å². The van der Waals surface area contributed by atoms with E-state index in [0.29, 0.717) is 0 Å². The Morgan fingerprint density at radius 2 is 0.254 bits per heavy atom. The molecule has 3 heterocycles. The van der Waals surface area contributed by atoms with Crippen LogP contribution in [0.4, 0.5) is 51.2 Å². The largest absolute Gasteiger partial charge is 0.310 e. The molecular weight excluding hydrogens is 1670 g/mol. The van der Waals surface area contributed by atoms with Gasteiger partial charge in [0.05, 0.1) is 50.2 Å². The molecule has 0 aliphatic carbocycles. The number of anilines is 9. The highest BCUT2D eigenvalue weighted by Gasteiger charge is 2.28. The summed E-state index contributed by atoms with van der Waals surface area (Å²) in [6.45, 7) is 0. The number of para-hydroxylation sites is 3. The third-order valence-corrected chi connectivity index (χ3v) is 27.4. The van der Waals surface area contributed by atoms with Crippen LogP contribution in [0.3, 0.4) is 0 Å². The van der Waals surface area contributed by atoms with E-state index in [1.807, 2.05) is 0 Å². The molecule has 25 rings (SSSR count). The second-order valence-corrected chi connectivity index (χ2v) is 35.6. The molecule has 25 aromatic rings. The number of rotatable bonds is 21. The van der Waals surface area contributed by atoms with Crippen LogP contribution in [0.15, 0.2) is 546 Å². The van der Waals surface area contributed by atoms with Crippen LogP contribution in [0.25, 0.3) is 183 Å². The molecule has 6 nitrogen and oxygen atoms in total. The van der Waals surface area contributed by atoms with Crippen LogP contribution in [-0.4, -0.2) is 13.7 Å². The Hall–Kier alpha value is -18.4. The number of aromatic nitrogens is 3. The molecule has 0 amide bonds. The van der Waals surface area contributed by atoms with E-state index in [1.54, 1.807) is 0 Å². The number of nitrogens with zero attached hydrogens (tertiary/aromatic N) is 6. The average molecular weight is 1760 g/mol. The maximum Gasteiger partial charge on any atom is 0.0542 e. The third kappa shape index (κ3) is 15.3. The molecule has 0 saturated heterocycles. The lowest BCUT2D eigenvalue weighted by molar-refractivity contribution is 1.18. The fraction of sp³-hybridized carbons (Fsp3) is 0. The van der Waals surface area contributed by atoms with Crippen molar-refractivity contribution in [3.8, 4) is 117 Å². The summed E-state index contributed by atoms with van der Waals surface area (Å²) in [4.78, 5) is 7.43. The minimum absolute atomic E-state index is 0.938. The highest BCUT2D eigenvalue weighted by atomic mass is 15.2. The zero-order chi connectivity index (χ0) is 91.4. The lowest BCUT2D eigenvalue weighted by atomic mass is 9.99. The molecule has 6 heteroatoms. The van der Waals surface area contributed by atoms with Crippen molar-refractivity contribution < 1.29 is 0 Å². The highest BCUT2D eigenvalue weighted by molar-refractivity contribution is 6.15. The SMILES string of the molecule is c1ccc(-c2ccc(-c3ccc4c(c3)c3cc(N(c5ccccc5)c5cc(N(c6ccccc6)c6ccc7c(c6)c6cc(-c8ccc(-c9ccccc9)cc8)ccc6n7-c6ccc(-c7ccccc7)cc6)cc(N(c6ccccc6)c6ccc7c(c6)c6cc(-c8ccc(-c9ccccc9)cc8)ccc6n7-c6ccc(-c7ccccc7)cc6)c5)ccc3n4-c3ccc(-c4ccccc4)cc3)cc2)cc1. The fourth-order valence-electron chi connectivity index (χ4n) is 20.6. The molecule has 3 aromatic heterocycles. The predicted octanol–water partition coefficient (Wildman–Crippen LogP) is 36.4. The Morgan fingerprint density at radius 1 is 0.101 bits per heavy atom. The van der Waals surface area contributed by atoms with Gasteiger partial charge in [-0.25, -0.2) is 0 Å². The summed E-state index contributed by atoms with van der Waals surface area (Å²) in [6, 6.07) is 201. The Balaban J connectivity index is 0.720. The van der Waals surface area contributed by atoms with Crippen LogP contribution in [0, 0.1) is 0 Å². The van der Waals surface area contributed by atoms with Crippen molar-refractivity contribution in [3.63, 3.8) is 0 Å². The summed E-state index contributed by atoms with van der Waals surface area (Å²) in [6.07, 6.45) is 0. The van der Waals surface area contributed by atoms with Crippen molar-refractivity contribution in [2.24, 2.45) is 0 Å². The van der Waals surface area contributed by atoms with E-state index in [0.717, 1.165) is 184 Å². The monoisotopic (exact) mass is 1760 g/mol. The van der Waals surface area contributed by atoms with Gasteiger partial charge in [-0.1, -0.05) is 364 Å². The molecule has 0 fully saturated rings. The molecule has 0 aliphatic heterocycles. The van der Waals surface area contributed by atoms with E-state index < -0.39 is 0 Å². The first kappa shape index (κ1) is 81.6. The summed E-state index contributed by atoms with van der Waals surface area (Å²) in [5.41, 5.74) is 39.5. The van der Waals surface area contributed by atoms with E-state index in [-0.39, 0.29) is 0 Å². The molecule has 22 aromatic carbocycles. The van der Waals surface area contributed by atoms with Gasteiger partial charge in [0.15, 0.2) is 0 Å². The quantitative estimate of drug-likeness (QED) is 0.0717. The van der Waals surface area contributed by atoms with Crippen LogP contribution in [-0.2, 0) is 0 Å². The van der Waals surface area contributed by atoms with Gasteiger partial charge < -0.3 is 28.4 Å². The summed E-state index contributed by atoms with van der Waals surface area (Å²) >= 11 is 0. The first-order valence-electron chi connectivity index (χ1n) is 47.3. The van der Waals surface area contributed by atoms with Crippen LogP contribution in [0.2, 0.25) is 0 Å². The highest BCUT2D eigenvalue weighted by Crippen LogP contribution is 2.51. The Bertz CT molecular complexity index is 7920. The van der Waals surface area contributed by atoms with Crippen molar-refractivity contribution >= 4 is 117 Å². The first-order valence-corrected chi connectivity index (χ1v) is 47.3. The molecule has 0 bridgehead atoms. The van der Waals surface area contributed by atoms with Crippen LogP contribution < -0.4 is 14.7 Å². The number of fused-ring (bicyclic) bond motifs is 9. The number of benzene rings is 22. The average Bonchev–Trinajstić information content (AvgIpc) is 1.58. The summed E-state index contributed by atoms with van der Waals surface area (Å²) in [5.74, 6) is 0. The van der Waals surface area contributed by atoms with Gasteiger partial charge in [0.25, 0.3) is 0 Å². The lowest BCUT2D eigenvalue weighted by Gasteiger charge is -2.33. The molecule has 138 heavy (non-hydrogen) atoms. The Kier molecular flexibility index (Phi) is 20.9. The zero-order valence-electron chi connectivity index (χ0n) is 75.6. The Labute approximate surface area is 802 Å². The maximum atomic E-state index is 2.48. The minimum atomic E-state index is 0.938. The molecule has 0 N–H and O–H groups in total. The fourth-order valence-corrected chi connectivity index (χ4v) is 20.6. The van der Waals surface area contributed by atoms with Gasteiger partial charge in [0, 0.05) is 83.5 Å². The summed E-state index contributed by atoms with van der Waals surface area (Å²) in [7, 11) is 0. The molecular formula is C132H90N6. The molecule has 0 atom stereocenters. The second kappa shape index (κ2) is 35.3. The van der Waals surface area contributed by atoms with Crippen molar-refractivity contribution in [2.45, 2.75) is 0 Å². The molecule has 0 aliphatic rings. The standard InChI is InChI=1S/C132H90N6/c1-10-28-91(29-11-1)97-46-52-103(53-47-97)106-64-76-127-121(82-106)124-88-115(73-79-130(124)136(127)112-67-58-100(59-68-112)94-34-16-4-17-35-94)133(109-40-22-7-23-41-109)118-85-119(134(110-42-24-8-25-43-110)116-74-80-131-125(89-116)122-83-107(104-54-48-98(49-55-104)92-30-12-2-13-31-92)65-77-128(122)137(131)113-69-60-101(61-70-113)95-36-18-5-19-37-95)87-120(86-118)135(111-44-26-9-27-45-111)117-75-81-132-126(90-117)123-84-108(105-56-50-99(51-57-105)93-32-14-3-15-33-93)66-78-129(123)138(132)114-71-62-102(63-72-114)96-38-20-6-21-39-96/h1-90H. The van der Waals surface area contributed by atoms with Crippen LogP contribution in [0.1, 0.15) is 0 Å². The molecule has 0 unspecified atom stereocenters. The molecule has 0 saturated carbocycles. The minimum Gasteiger partial charge on any atom is -0.310 e. The second-order valence-electron chi connectivity index (χ2n) is 35.6. The van der Waals surface area contributed by atoms with E-state index in [1.165, 1.54) is 50.1 Å². The van der Waals surface area contributed by atoms with Gasteiger partial charge in [-0.05, 0) is 282 Å². The van der Waals surface area contributed by atoms with Crippen molar-refractivity contribution in [3.05, 3.63) is 546 Å². The first-order chi connectivity index (χ1) is 68.4. The third-order valence-electron chi connectivity index (χ3n) is 27.4. The smallest absolute Gasteiger partial charge is 0.0542 e. The van der Waals surface area contributed by atoms with Gasteiger partial charge in [-0.2, -0.15) is 0 Å². The maximum absolute atomic E-state index is 2.48. The molecule has 0 radical (unpaired) electrons. The van der Waals surface area contributed by atoms with Gasteiger partial charge in [-0.15, -0.1) is 0 Å². The van der Waals surface area contributed by atoms with Gasteiger partial charge in [0.2, 0.25) is 0 Å². The normalized spacial score (nSPS) is 11.5. The Morgan fingerprint density at radius 3 is 0.457 bits per heavy atom. The van der Waals surface area contributed by atoms with E-state index in [2.05, 4.69) is 574 Å². The van der Waals surface area contributed by atoms with Crippen molar-refractivity contribution in [1.82, 2.24) is 13.7 Å². The van der Waals surface area contributed by atoms with Gasteiger partial charge >= 0.3 is 0 Å². The number of hydrogen-bond donors (Lipinski definition) is 0. The van der Waals surface area contributed by atoms with Gasteiger partial charge in [-0.3, -0.25) is 0 Å². The number of hydrogen-bond acceptors (Lipinski definition) is 3. The summed E-state index contributed by atoms with van der Waals surface area (Å²) in [5, 5.41) is 6.76. The summed E-state index contributed by atoms with van der Waals surface area (Å²) < 4.78 is 7.35. The van der Waals surface area contributed by atoms with E-state index in [4.69, 9.17) is 0 Å². The topological polar surface area (TPSA) is 24.5 Å². The van der Waals surface area contributed by atoms with E-state index in [9.17, 15) is 0 Å². The van der Waals surface area contributed by atoms with Crippen molar-refractivity contribution in [1.29, 1.82) is 0 Å². The zero-order valence-corrected chi connectivity index (χ0v) is 75.6. The molecule has 648 valence electrons. The lowest BCUT2D eigenvalue weighted by Crippen LogP contribution is -2.16. The molecule has 0 spiro atoms. The van der Waals surface area contributed by atoms with Gasteiger partial charge in [0.1, 0.15) is 0 Å². The van der Waals surface area contributed by atoms with Crippen molar-refractivity contribution in [2.75, 3.05) is 14.7 Å².